The summed E-state index contributed by atoms with van der Waals surface area (Å²) in [6.07, 6.45) is 0.757. The number of thioether (sulfide) groups is 1. The summed E-state index contributed by atoms with van der Waals surface area (Å²) in [5, 5.41) is 11.3. The molecule has 0 saturated heterocycles. The lowest BCUT2D eigenvalue weighted by Gasteiger charge is -2.28. The molecule has 6 nitrogen and oxygen atoms in total. The van der Waals surface area contributed by atoms with Gasteiger partial charge in [-0.05, 0) is 42.9 Å². The Morgan fingerprint density at radius 1 is 1.24 bits per heavy atom. The SMILES string of the molecule is COc1ccc(OC)c(-c2c(C#N)c(SCC(=O)c3cccc(Cl)c3)nc3c2CN(C)CC3)c1. The second kappa shape index (κ2) is 10.5. The number of methoxy groups -OCH3 is 2. The van der Waals surface area contributed by atoms with Gasteiger partial charge in [-0.15, -0.1) is 0 Å². The van der Waals surface area contributed by atoms with Gasteiger partial charge in [0.05, 0.1) is 25.5 Å². The number of rotatable bonds is 7. The van der Waals surface area contributed by atoms with Gasteiger partial charge in [0.1, 0.15) is 22.6 Å². The zero-order valence-corrected chi connectivity index (χ0v) is 20.8. The fourth-order valence-corrected chi connectivity index (χ4v) is 5.16. The van der Waals surface area contributed by atoms with Crippen molar-refractivity contribution in [2.75, 3.05) is 33.6 Å². The molecule has 8 heteroatoms. The summed E-state index contributed by atoms with van der Waals surface area (Å²) in [4.78, 5) is 19.9. The van der Waals surface area contributed by atoms with Crippen molar-refractivity contribution < 1.29 is 14.3 Å². The van der Waals surface area contributed by atoms with E-state index in [0.717, 1.165) is 35.3 Å². The fourth-order valence-electron chi connectivity index (χ4n) is 4.06. The van der Waals surface area contributed by atoms with E-state index in [2.05, 4.69) is 11.0 Å². The van der Waals surface area contributed by atoms with E-state index in [0.29, 0.717) is 39.2 Å². The molecule has 3 aromatic rings. The molecule has 0 aliphatic carbocycles. The number of nitriles is 1. The van der Waals surface area contributed by atoms with E-state index < -0.39 is 0 Å². The lowest BCUT2D eigenvalue weighted by Crippen LogP contribution is -2.28. The number of nitrogens with zero attached hydrogens (tertiary/aromatic N) is 3. The first kappa shape index (κ1) is 24.1. The maximum atomic E-state index is 12.8. The topological polar surface area (TPSA) is 75.5 Å². The molecule has 0 spiro atoms. The highest BCUT2D eigenvalue weighted by molar-refractivity contribution is 8.00. The van der Waals surface area contributed by atoms with E-state index >= 15 is 0 Å². The fraction of sp³-hybridized carbons (Fsp3) is 0.269. The van der Waals surface area contributed by atoms with Crippen molar-refractivity contribution in [2.24, 2.45) is 0 Å². The number of carbonyl (C=O) groups is 1. The van der Waals surface area contributed by atoms with Crippen molar-refractivity contribution in [3.05, 3.63) is 69.9 Å². The second-order valence-corrected chi connectivity index (χ2v) is 9.38. The number of ether oxygens (including phenoxy) is 2. The monoisotopic (exact) mass is 493 g/mol. The molecule has 1 aliphatic rings. The van der Waals surface area contributed by atoms with E-state index in [1.165, 1.54) is 11.8 Å². The molecule has 0 saturated carbocycles. The number of Topliss-reactive ketones (excluding diaryl/α,β-unsaturated/α-hetero) is 1. The summed E-state index contributed by atoms with van der Waals surface area (Å²) in [6, 6.07) is 14.8. The smallest absolute Gasteiger partial charge is 0.173 e. The molecule has 2 heterocycles. The number of hydrogen-bond acceptors (Lipinski definition) is 7. The van der Waals surface area contributed by atoms with Crippen LogP contribution in [0.25, 0.3) is 11.1 Å². The van der Waals surface area contributed by atoms with Crippen molar-refractivity contribution in [3.63, 3.8) is 0 Å². The molecule has 2 aromatic carbocycles. The van der Waals surface area contributed by atoms with Crippen LogP contribution in [0.15, 0.2) is 47.5 Å². The maximum Gasteiger partial charge on any atom is 0.173 e. The highest BCUT2D eigenvalue weighted by atomic mass is 35.5. The Kier molecular flexibility index (Phi) is 7.42. The molecule has 0 bridgehead atoms. The highest BCUT2D eigenvalue weighted by Crippen LogP contribution is 2.42. The summed E-state index contributed by atoms with van der Waals surface area (Å²) in [5.74, 6) is 1.39. The molecule has 0 amide bonds. The quantitative estimate of drug-likeness (QED) is 0.328. The van der Waals surface area contributed by atoms with Crippen LogP contribution < -0.4 is 9.47 Å². The van der Waals surface area contributed by atoms with Gasteiger partial charge in [0.15, 0.2) is 5.78 Å². The Balaban J connectivity index is 1.82. The largest absolute Gasteiger partial charge is 0.497 e. The van der Waals surface area contributed by atoms with Crippen molar-refractivity contribution in [2.45, 2.75) is 18.0 Å². The van der Waals surface area contributed by atoms with Crippen LogP contribution in [-0.4, -0.2) is 49.2 Å². The summed E-state index contributed by atoms with van der Waals surface area (Å²) in [7, 11) is 5.26. The zero-order valence-electron chi connectivity index (χ0n) is 19.2. The molecular weight excluding hydrogens is 470 g/mol. The highest BCUT2D eigenvalue weighted by Gasteiger charge is 2.27. The average molecular weight is 494 g/mol. The third kappa shape index (κ3) is 4.90. The van der Waals surface area contributed by atoms with Crippen LogP contribution in [0.1, 0.15) is 27.2 Å². The molecule has 34 heavy (non-hydrogen) atoms. The van der Waals surface area contributed by atoms with Crippen LogP contribution in [0, 0.1) is 11.3 Å². The standard InChI is InChI=1S/C26H24ClN3O3S/c1-30-10-9-22-21(14-30)25(19-12-18(32-2)7-8-24(19)33-3)20(13-28)26(29-22)34-15-23(31)16-5-4-6-17(27)11-16/h4-8,11-12H,9-10,14-15H2,1-3H3. The van der Waals surface area contributed by atoms with Crippen LogP contribution in [-0.2, 0) is 13.0 Å². The van der Waals surface area contributed by atoms with E-state index in [1.54, 1.807) is 38.5 Å². The third-order valence-corrected chi connectivity index (χ3v) is 6.99. The predicted molar refractivity (Wildman–Crippen MR) is 134 cm³/mol. The van der Waals surface area contributed by atoms with Gasteiger partial charge in [-0.25, -0.2) is 4.98 Å². The number of pyridine rings is 1. The molecule has 0 atom stereocenters. The minimum atomic E-state index is -0.0730. The number of hydrogen-bond donors (Lipinski definition) is 0. The zero-order chi connectivity index (χ0) is 24.2. The molecule has 0 radical (unpaired) electrons. The van der Waals surface area contributed by atoms with Crippen LogP contribution in [0.4, 0.5) is 0 Å². The predicted octanol–water partition coefficient (Wildman–Crippen LogP) is 5.25. The van der Waals surface area contributed by atoms with Gasteiger partial charge in [-0.1, -0.05) is 35.5 Å². The molecule has 0 N–H and O–H groups in total. The number of fused-ring (bicyclic) bond motifs is 1. The Morgan fingerprint density at radius 2 is 2.06 bits per heavy atom. The van der Waals surface area contributed by atoms with Gasteiger partial charge in [0.25, 0.3) is 0 Å². The van der Waals surface area contributed by atoms with Crippen LogP contribution in [0.2, 0.25) is 5.02 Å². The first-order valence-electron chi connectivity index (χ1n) is 10.7. The van der Waals surface area contributed by atoms with E-state index in [1.807, 2.05) is 25.2 Å². The first-order valence-corrected chi connectivity index (χ1v) is 12.1. The van der Waals surface area contributed by atoms with Crippen molar-refractivity contribution >= 4 is 29.1 Å². The Hall–Kier alpha value is -3.05. The normalized spacial score (nSPS) is 13.1. The molecule has 4 rings (SSSR count). The summed E-state index contributed by atoms with van der Waals surface area (Å²) in [6.45, 7) is 1.53. The number of likely N-dealkylation sites (N-methyl/N-ethyl adjacent to an activating group) is 1. The number of benzene rings is 2. The molecule has 174 valence electrons. The minimum absolute atomic E-state index is 0.0730. The third-order valence-electron chi connectivity index (χ3n) is 5.78. The van der Waals surface area contributed by atoms with E-state index in [-0.39, 0.29) is 11.5 Å². The maximum absolute atomic E-state index is 12.8. The number of carbonyl (C=O) groups excluding carboxylic acids is 1. The van der Waals surface area contributed by atoms with E-state index in [4.69, 9.17) is 26.1 Å². The molecule has 1 aromatic heterocycles. The Labute approximate surface area is 208 Å². The Bertz CT molecular complexity index is 1290. The summed E-state index contributed by atoms with van der Waals surface area (Å²) >= 11 is 7.32. The summed E-state index contributed by atoms with van der Waals surface area (Å²) < 4.78 is 11.1. The van der Waals surface area contributed by atoms with Crippen molar-refractivity contribution in [3.8, 4) is 28.7 Å². The molecule has 0 fully saturated rings. The van der Waals surface area contributed by atoms with Gasteiger partial charge in [-0.3, -0.25) is 4.79 Å². The van der Waals surface area contributed by atoms with Crippen LogP contribution >= 0.6 is 23.4 Å². The summed E-state index contributed by atoms with van der Waals surface area (Å²) in [5.41, 5.74) is 4.47. The van der Waals surface area contributed by atoms with Gasteiger partial charge in [-0.2, -0.15) is 5.26 Å². The molecule has 0 unspecified atom stereocenters. The average Bonchev–Trinajstić information content (AvgIpc) is 2.85. The number of aromatic nitrogens is 1. The van der Waals surface area contributed by atoms with Crippen LogP contribution in [0.5, 0.6) is 11.5 Å². The molecule has 1 aliphatic heterocycles. The lowest BCUT2D eigenvalue weighted by molar-refractivity contribution is 0.102. The van der Waals surface area contributed by atoms with Gasteiger partial charge in [0, 0.05) is 46.9 Å². The van der Waals surface area contributed by atoms with Gasteiger partial charge >= 0.3 is 0 Å². The molecular formula is C26H24ClN3O3S. The van der Waals surface area contributed by atoms with Gasteiger partial charge in [0.2, 0.25) is 0 Å². The Morgan fingerprint density at radius 3 is 2.76 bits per heavy atom. The number of ketones is 1. The lowest BCUT2D eigenvalue weighted by atomic mass is 9.91. The van der Waals surface area contributed by atoms with Crippen molar-refractivity contribution in [1.82, 2.24) is 9.88 Å². The second-order valence-electron chi connectivity index (χ2n) is 7.98. The minimum Gasteiger partial charge on any atom is -0.497 e. The van der Waals surface area contributed by atoms with E-state index in [9.17, 15) is 10.1 Å². The van der Waals surface area contributed by atoms with Gasteiger partial charge < -0.3 is 14.4 Å². The van der Waals surface area contributed by atoms with Crippen molar-refractivity contribution in [1.29, 1.82) is 5.26 Å². The first-order chi connectivity index (χ1) is 16.4. The number of halogens is 1. The van der Waals surface area contributed by atoms with Crippen LogP contribution in [0.3, 0.4) is 0 Å².